The van der Waals surface area contributed by atoms with Crippen molar-refractivity contribution < 1.29 is 4.42 Å². The molecule has 326 valence electrons. The zero-order valence-electron chi connectivity index (χ0n) is 38.1. The Kier molecular flexibility index (Phi) is 9.44. The van der Waals surface area contributed by atoms with Crippen LogP contribution in [0.15, 0.2) is 235 Å². The molecular formula is C64H44N4O. The third-order valence-electron chi connectivity index (χ3n) is 13.9. The molecule has 13 rings (SSSR count). The molecule has 1 aliphatic rings. The number of nitrogens with zero attached hydrogens (tertiary/aromatic N) is 4. The SMILES string of the molecule is CC1(C)c2ccccc2-c2c(N(c3ccc(-c4ccccc4)cc3)c3ccc(-c4ccc5oc6cccc(-c7nc(-c8ccccc8)nc(-c8ccccc8)n7)c6c5c4)c4ccccc34)cccc21. The maximum absolute atomic E-state index is 6.61. The van der Waals surface area contributed by atoms with Gasteiger partial charge in [-0.1, -0.05) is 202 Å². The molecule has 69 heavy (non-hydrogen) atoms. The smallest absolute Gasteiger partial charge is 0.164 e. The summed E-state index contributed by atoms with van der Waals surface area (Å²) in [7, 11) is 0. The quantitative estimate of drug-likeness (QED) is 0.152. The first-order valence-corrected chi connectivity index (χ1v) is 23.5. The monoisotopic (exact) mass is 884 g/mol. The van der Waals surface area contributed by atoms with Crippen LogP contribution in [-0.4, -0.2) is 15.0 Å². The fourth-order valence-electron chi connectivity index (χ4n) is 10.6. The Morgan fingerprint density at radius 2 is 0.928 bits per heavy atom. The Labute approximate surface area is 400 Å². The summed E-state index contributed by atoms with van der Waals surface area (Å²) in [6.07, 6.45) is 0. The standard InChI is InChI=1S/C64H44N4O/c1-64(2)53-28-15-14-26-50(53)60-54(64)29-17-30-56(60)68(46-35-32-42(33-36-46)41-18-6-3-7-19-41)55-38-37-47(48-24-12-13-25-49(48)55)45-34-39-57-52(40-45)59-51(27-16-31-58(59)69-57)63-66-61(43-20-8-4-9-21-43)65-62(67-63)44-22-10-5-11-23-44/h3-40H,1-2H3. The van der Waals surface area contributed by atoms with E-state index in [4.69, 9.17) is 19.4 Å². The van der Waals surface area contributed by atoms with Crippen LogP contribution in [0.4, 0.5) is 17.1 Å². The Morgan fingerprint density at radius 1 is 0.362 bits per heavy atom. The lowest BCUT2D eigenvalue weighted by Gasteiger charge is -2.30. The van der Waals surface area contributed by atoms with Gasteiger partial charge in [0.1, 0.15) is 11.2 Å². The molecule has 2 aromatic heterocycles. The Morgan fingerprint density at radius 3 is 1.65 bits per heavy atom. The van der Waals surface area contributed by atoms with Gasteiger partial charge in [-0.3, -0.25) is 0 Å². The normalized spacial score (nSPS) is 12.6. The second-order valence-corrected chi connectivity index (χ2v) is 18.3. The van der Waals surface area contributed by atoms with Gasteiger partial charge in [0.05, 0.1) is 11.4 Å². The van der Waals surface area contributed by atoms with Gasteiger partial charge in [0.15, 0.2) is 17.5 Å². The van der Waals surface area contributed by atoms with E-state index in [0.717, 1.165) is 77.6 Å². The first kappa shape index (κ1) is 40.4. The highest BCUT2D eigenvalue weighted by Crippen LogP contribution is 2.55. The minimum atomic E-state index is -0.148. The number of anilines is 3. The summed E-state index contributed by atoms with van der Waals surface area (Å²) in [5.41, 5.74) is 17.3. The van der Waals surface area contributed by atoms with Crippen LogP contribution < -0.4 is 4.90 Å². The van der Waals surface area contributed by atoms with E-state index < -0.39 is 0 Å². The van der Waals surface area contributed by atoms with Crippen LogP contribution in [0.5, 0.6) is 0 Å². The summed E-state index contributed by atoms with van der Waals surface area (Å²) in [5, 5.41) is 4.26. The molecule has 0 saturated heterocycles. The second kappa shape index (κ2) is 16.1. The van der Waals surface area contributed by atoms with E-state index in [-0.39, 0.29) is 5.41 Å². The lowest BCUT2D eigenvalue weighted by atomic mass is 9.82. The van der Waals surface area contributed by atoms with Crippen LogP contribution >= 0.6 is 0 Å². The fourth-order valence-corrected chi connectivity index (χ4v) is 10.6. The zero-order chi connectivity index (χ0) is 46.1. The van der Waals surface area contributed by atoms with Crippen LogP contribution in [0.2, 0.25) is 0 Å². The molecule has 0 N–H and O–H groups in total. The molecule has 0 unspecified atom stereocenters. The van der Waals surface area contributed by atoms with Crippen molar-refractivity contribution in [1.29, 1.82) is 0 Å². The van der Waals surface area contributed by atoms with Crippen LogP contribution in [0.3, 0.4) is 0 Å². The number of rotatable bonds is 8. The van der Waals surface area contributed by atoms with Crippen molar-refractivity contribution >= 4 is 49.8 Å². The summed E-state index contributed by atoms with van der Waals surface area (Å²) in [6.45, 7) is 4.70. The number of hydrogen-bond acceptors (Lipinski definition) is 5. The van der Waals surface area contributed by atoms with Crippen molar-refractivity contribution in [2.75, 3.05) is 4.90 Å². The van der Waals surface area contributed by atoms with Crippen molar-refractivity contribution in [3.8, 4) is 67.5 Å². The Hall–Kier alpha value is -8.93. The van der Waals surface area contributed by atoms with Crippen molar-refractivity contribution in [3.63, 3.8) is 0 Å². The highest BCUT2D eigenvalue weighted by atomic mass is 16.3. The van der Waals surface area contributed by atoms with E-state index in [9.17, 15) is 0 Å². The largest absolute Gasteiger partial charge is 0.456 e. The third-order valence-corrected chi connectivity index (χ3v) is 13.9. The minimum absolute atomic E-state index is 0.148. The summed E-state index contributed by atoms with van der Waals surface area (Å²) >= 11 is 0. The molecule has 0 aliphatic heterocycles. The van der Waals surface area contributed by atoms with Crippen molar-refractivity contribution in [1.82, 2.24) is 15.0 Å². The number of hydrogen-bond donors (Lipinski definition) is 0. The van der Waals surface area contributed by atoms with E-state index in [1.54, 1.807) is 0 Å². The van der Waals surface area contributed by atoms with Gasteiger partial charge in [-0.05, 0) is 86.8 Å². The molecule has 0 atom stereocenters. The van der Waals surface area contributed by atoms with Crippen molar-refractivity contribution in [3.05, 3.63) is 242 Å². The van der Waals surface area contributed by atoms with E-state index >= 15 is 0 Å². The lowest BCUT2D eigenvalue weighted by molar-refractivity contribution is 0.660. The summed E-state index contributed by atoms with van der Waals surface area (Å²) in [5.74, 6) is 1.82. The van der Waals surface area contributed by atoms with Crippen LogP contribution in [-0.2, 0) is 5.41 Å². The molecule has 1 aliphatic carbocycles. The van der Waals surface area contributed by atoms with E-state index in [0.29, 0.717) is 17.5 Å². The summed E-state index contributed by atoms with van der Waals surface area (Å²) < 4.78 is 6.61. The maximum Gasteiger partial charge on any atom is 0.164 e. The highest BCUT2D eigenvalue weighted by molar-refractivity contribution is 6.14. The van der Waals surface area contributed by atoms with E-state index in [2.05, 4.69) is 176 Å². The molecule has 0 bridgehead atoms. The van der Waals surface area contributed by atoms with Gasteiger partial charge in [0.2, 0.25) is 0 Å². The number of aromatic nitrogens is 3. The van der Waals surface area contributed by atoms with Gasteiger partial charge in [-0.15, -0.1) is 0 Å². The molecule has 0 amide bonds. The van der Waals surface area contributed by atoms with Crippen molar-refractivity contribution in [2.24, 2.45) is 0 Å². The molecule has 0 spiro atoms. The molecule has 0 fully saturated rings. The van der Waals surface area contributed by atoms with Crippen LogP contribution in [0, 0.1) is 0 Å². The predicted molar refractivity (Wildman–Crippen MR) is 284 cm³/mol. The third kappa shape index (κ3) is 6.73. The average molecular weight is 885 g/mol. The molecule has 0 radical (unpaired) electrons. The van der Waals surface area contributed by atoms with Crippen LogP contribution in [0.25, 0.3) is 100 Å². The first-order valence-electron chi connectivity index (χ1n) is 23.5. The molecular weight excluding hydrogens is 841 g/mol. The number of benzene rings is 10. The van der Waals surface area contributed by atoms with Crippen molar-refractivity contribution in [2.45, 2.75) is 19.3 Å². The minimum Gasteiger partial charge on any atom is -0.456 e. The summed E-state index contributed by atoms with van der Waals surface area (Å²) in [4.78, 5) is 17.7. The fraction of sp³-hybridized carbons (Fsp3) is 0.0469. The molecule has 10 aromatic carbocycles. The Bertz CT molecular complexity index is 3860. The highest BCUT2D eigenvalue weighted by Gasteiger charge is 2.38. The predicted octanol–water partition coefficient (Wildman–Crippen LogP) is 17.0. The van der Waals surface area contributed by atoms with Gasteiger partial charge >= 0.3 is 0 Å². The second-order valence-electron chi connectivity index (χ2n) is 18.3. The van der Waals surface area contributed by atoms with Crippen LogP contribution in [0.1, 0.15) is 25.0 Å². The zero-order valence-corrected chi connectivity index (χ0v) is 38.1. The molecule has 5 nitrogen and oxygen atoms in total. The molecule has 5 heteroatoms. The van der Waals surface area contributed by atoms with Gasteiger partial charge < -0.3 is 9.32 Å². The average Bonchev–Trinajstić information content (AvgIpc) is 3.91. The number of fused-ring (bicyclic) bond motifs is 7. The Balaban J connectivity index is 0.987. The van der Waals surface area contributed by atoms with E-state index in [1.165, 1.54) is 33.4 Å². The van der Waals surface area contributed by atoms with Gasteiger partial charge in [0.25, 0.3) is 0 Å². The van der Waals surface area contributed by atoms with Gasteiger partial charge in [-0.25, -0.2) is 15.0 Å². The van der Waals surface area contributed by atoms with Gasteiger partial charge in [-0.2, -0.15) is 0 Å². The van der Waals surface area contributed by atoms with E-state index in [1.807, 2.05) is 72.8 Å². The lowest BCUT2D eigenvalue weighted by Crippen LogP contribution is -2.16. The topological polar surface area (TPSA) is 55.1 Å². The summed E-state index contributed by atoms with van der Waals surface area (Å²) in [6, 6.07) is 81.7. The molecule has 0 saturated carbocycles. The molecule has 2 heterocycles. The maximum atomic E-state index is 6.61. The number of furan rings is 1. The first-order chi connectivity index (χ1) is 34.0. The molecule has 12 aromatic rings. The van der Waals surface area contributed by atoms with Gasteiger partial charge in [0, 0.05) is 49.5 Å².